The fourth-order valence-electron chi connectivity index (χ4n) is 2.20. The Kier molecular flexibility index (Phi) is 5.14. The summed E-state index contributed by atoms with van der Waals surface area (Å²) in [6, 6.07) is 8.99. The Hall–Kier alpha value is -1.23. The van der Waals surface area contributed by atoms with Crippen molar-refractivity contribution in [1.82, 2.24) is 0 Å². The Balaban J connectivity index is 2.49. The molecule has 3 nitrogen and oxygen atoms in total. The summed E-state index contributed by atoms with van der Waals surface area (Å²) in [7, 11) is 3.15. The molecule has 0 heterocycles. The third kappa shape index (κ3) is 3.51. The van der Waals surface area contributed by atoms with Crippen LogP contribution in [0.2, 0.25) is 5.02 Å². The van der Waals surface area contributed by atoms with Crippen LogP contribution in [0, 0.1) is 6.92 Å². The summed E-state index contributed by atoms with van der Waals surface area (Å²) in [5, 5.41) is 11.2. The van der Waals surface area contributed by atoms with Gasteiger partial charge in [0.05, 0.1) is 14.2 Å². The van der Waals surface area contributed by atoms with E-state index in [0.29, 0.717) is 22.1 Å². The van der Waals surface area contributed by atoms with Gasteiger partial charge in [-0.2, -0.15) is 0 Å². The standard InChI is InChI=1S/C16H16BrClO3/c1-9-4-14(20-2)15(21-3)8-13(9)16(19)10-5-11(17)7-12(18)6-10/h4-8,16,19H,1-3H3. The van der Waals surface area contributed by atoms with E-state index in [9.17, 15) is 5.11 Å². The van der Waals surface area contributed by atoms with Gasteiger partial charge in [0.2, 0.25) is 0 Å². The Bertz CT molecular complexity index is 638. The summed E-state index contributed by atoms with van der Waals surface area (Å²) in [4.78, 5) is 0. The lowest BCUT2D eigenvalue weighted by atomic mass is 9.97. The summed E-state index contributed by atoms with van der Waals surface area (Å²) < 4.78 is 11.4. The normalized spacial score (nSPS) is 12.1. The van der Waals surface area contributed by atoms with Crippen molar-refractivity contribution in [3.63, 3.8) is 0 Å². The maximum absolute atomic E-state index is 10.6. The molecule has 0 spiro atoms. The van der Waals surface area contributed by atoms with Crippen LogP contribution in [-0.4, -0.2) is 19.3 Å². The second kappa shape index (κ2) is 6.69. The number of aryl methyl sites for hydroxylation is 1. The van der Waals surface area contributed by atoms with Crippen LogP contribution in [0.1, 0.15) is 22.8 Å². The van der Waals surface area contributed by atoms with Crippen LogP contribution in [-0.2, 0) is 0 Å². The molecule has 2 aromatic rings. The Morgan fingerprint density at radius 3 is 2.24 bits per heavy atom. The van der Waals surface area contributed by atoms with Crippen LogP contribution < -0.4 is 9.47 Å². The molecule has 0 aliphatic rings. The van der Waals surface area contributed by atoms with Crippen molar-refractivity contribution in [3.05, 3.63) is 56.5 Å². The van der Waals surface area contributed by atoms with Gasteiger partial charge in [0.15, 0.2) is 11.5 Å². The smallest absolute Gasteiger partial charge is 0.161 e. The molecule has 0 aromatic heterocycles. The van der Waals surface area contributed by atoms with E-state index in [-0.39, 0.29) is 0 Å². The van der Waals surface area contributed by atoms with Crippen molar-refractivity contribution in [2.24, 2.45) is 0 Å². The van der Waals surface area contributed by atoms with E-state index in [2.05, 4.69) is 15.9 Å². The van der Waals surface area contributed by atoms with Crippen LogP contribution in [0.25, 0.3) is 0 Å². The molecule has 21 heavy (non-hydrogen) atoms. The van der Waals surface area contributed by atoms with Gasteiger partial charge in [-0.1, -0.05) is 27.5 Å². The van der Waals surface area contributed by atoms with Gasteiger partial charge in [0.1, 0.15) is 6.10 Å². The van der Waals surface area contributed by atoms with E-state index >= 15 is 0 Å². The van der Waals surface area contributed by atoms with Crippen LogP contribution in [0.5, 0.6) is 11.5 Å². The first kappa shape index (κ1) is 16.1. The molecule has 1 unspecified atom stereocenters. The fourth-order valence-corrected chi connectivity index (χ4v) is 3.09. The maximum Gasteiger partial charge on any atom is 0.161 e. The zero-order chi connectivity index (χ0) is 15.6. The Morgan fingerprint density at radius 1 is 1.05 bits per heavy atom. The predicted molar refractivity (Wildman–Crippen MR) is 87.5 cm³/mol. The molecule has 0 aliphatic heterocycles. The lowest BCUT2D eigenvalue weighted by molar-refractivity contribution is 0.218. The van der Waals surface area contributed by atoms with Crippen molar-refractivity contribution < 1.29 is 14.6 Å². The molecule has 0 saturated heterocycles. The Morgan fingerprint density at radius 2 is 1.67 bits per heavy atom. The highest BCUT2D eigenvalue weighted by atomic mass is 79.9. The number of hydrogen-bond donors (Lipinski definition) is 1. The zero-order valence-corrected chi connectivity index (χ0v) is 14.3. The van der Waals surface area contributed by atoms with Gasteiger partial charge in [0.25, 0.3) is 0 Å². The average Bonchev–Trinajstić information content (AvgIpc) is 2.45. The number of hydrogen-bond acceptors (Lipinski definition) is 3. The molecule has 0 saturated carbocycles. The number of methoxy groups -OCH3 is 2. The van der Waals surface area contributed by atoms with Crippen LogP contribution in [0.4, 0.5) is 0 Å². The summed E-state index contributed by atoms with van der Waals surface area (Å²) in [6.07, 6.45) is -0.792. The highest BCUT2D eigenvalue weighted by Crippen LogP contribution is 2.36. The van der Waals surface area contributed by atoms with E-state index < -0.39 is 6.10 Å². The molecular formula is C16H16BrClO3. The summed E-state index contributed by atoms with van der Waals surface area (Å²) in [6.45, 7) is 1.92. The van der Waals surface area contributed by atoms with E-state index in [0.717, 1.165) is 15.6 Å². The maximum atomic E-state index is 10.6. The van der Waals surface area contributed by atoms with Gasteiger partial charge >= 0.3 is 0 Å². The number of ether oxygens (including phenoxy) is 2. The summed E-state index contributed by atoms with van der Waals surface area (Å²) >= 11 is 9.42. The minimum absolute atomic E-state index is 0.566. The molecule has 0 bridgehead atoms. The fraction of sp³-hybridized carbons (Fsp3) is 0.250. The molecule has 0 amide bonds. The zero-order valence-electron chi connectivity index (χ0n) is 12.0. The van der Waals surface area contributed by atoms with E-state index in [1.54, 1.807) is 32.4 Å². The van der Waals surface area contributed by atoms with Gasteiger partial charge < -0.3 is 14.6 Å². The largest absolute Gasteiger partial charge is 0.493 e. The molecular weight excluding hydrogens is 356 g/mol. The van der Waals surface area contributed by atoms with E-state index in [1.807, 2.05) is 19.1 Å². The van der Waals surface area contributed by atoms with Crippen LogP contribution in [0.15, 0.2) is 34.8 Å². The molecule has 1 atom stereocenters. The third-order valence-electron chi connectivity index (χ3n) is 3.27. The predicted octanol–water partition coefficient (Wildman–Crippen LogP) is 4.51. The van der Waals surface area contributed by atoms with Crippen molar-refractivity contribution >= 4 is 27.5 Å². The number of halogens is 2. The SMILES string of the molecule is COc1cc(C)c(C(O)c2cc(Cl)cc(Br)c2)cc1OC. The van der Waals surface area contributed by atoms with Gasteiger partial charge in [-0.25, -0.2) is 0 Å². The lowest BCUT2D eigenvalue weighted by Crippen LogP contribution is -2.04. The highest BCUT2D eigenvalue weighted by Gasteiger charge is 2.17. The van der Waals surface area contributed by atoms with E-state index in [4.69, 9.17) is 21.1 Å². The molecule has 2 rings (SSSR count). The first-order chi connectivity index (χ1) is 9.96. The average molecular weight is 372 g/mol. The van der Waals surface area contributed by atoms with Gasteiger partial charge in [-0.05, 0) is 53.9 Å². The van der Waals surface area contributed by atoms with E-state index in [1.165, 1.54) is 0 Å². The first-order valence-electron chi connectivity index (χ1n) is 6.33. The molecule has 0 fully saturated rings. The molecule has 0 aliphatic carbocycles. The van der Waals surface area contributed by atoms with Crippen molar-refractivity contribution in [2.75, 3.05) is 14.2 Å². The van der Waals surface area contributed by atoms with Crippen molar-refractivity contribution in [3.8, 4) is 11.5 Å². The topological polar surface area (TPSA) is 38.7 Å². The molecule has 0 radical (unpaired) electrons. The molecule has 1 N–H and O–H groups in total. The number of rotatable bonds is 4. The monoisotopic (exact) mass is 370 g/mol. The van der Waals surface area contributed by atoms with Crippen molar-refractivity contribution in [1.29, 1.82) is 0 Å². The van der Waals surface area contributed by atoms with Crippen LogP contribution >= 0.6 is 27.5 Å². The second-order valence-electron chi connectivity index (χ2n) is 4.67. The second-order valence-corrected chi connectivity index (χ2v) is 6.02. The Labute approximate surface area is 137 Å². The summed E-state index contributed by atoms with van der Waals surface area (Å²) in [5.41, 5.74) is 2.38. The number of benzene rings is 2. The highest BCUT2D eigenvalue weighted by molar-refractivity contribution is 9.10. The first-order valence-corrected chi connectivity index (χ1v) is 7.50. The lowest BCUT2D eigenvalue weighted by Gasteiger charge is -2.18. The minimum atomic E-state index is -0.792. The van der Waals surface area contributed by atoms with Crippen molar-refractivity contribution in [2.45, 2.75) is 13.0 Å². The third-order valence-corrected chi connectivity index (χ3v) is 3.94. The molecule has 112 valence electrons. The number of aliphatic hydroxyl groups is 1. The van der Waals surface area contributed by atoms with Gasteiger partial charge in [-0.15, -0.1) is 0 Å². The summed E-state index contributed by atoms with van der Waals surface area (Å²) in [5.74, 6) is 1.22. The number of aliphatic hydroxyl groups excluding tert-OH is 1. The molecule has 2 aromatic carbocycles. The van der Waals surface area contributed by atoms with Gasteiger partial charge in [-0.3, -0.25) is 0 Å². The van der Waals surface area contributed by atoms with Crippen LogP contribution in [0.3, 0.4) is 0 Å². The molecule has 5 heteroatoms. The minimum Gasteiger partial charge on any atom is -0.493 e. The van der Waals surface area contributed by atoms with Gasteiger partial charge in [0, 0.05) is 9.50 Å². The quantitative estimate of drug-likeness (QED) is 0.859.